The Morgan fingerprint density at radius 3 is 2.59 bits per heavy atom. The summed E-state index contributed by atoms with van der Waals surface area (Å²) >= 11 is 0. The Bertz CT molecular complexity index is 1200. The van der Waals surface area contributed by atoms with E-state index in [0.717, 1.165) is 50.8 Å². The molecule has 2 fully saturated rings. The second-order valence-electron chi connectivity index (χ2n) is 9.98. The lowest BCUT2D eigenvalue weighted by Crippen LogP contribution is -2.57. The molecule has 1 aromatic carbocycles. The maximum Gasteiger partial charge on any atom is 0.215 e. The molecule has 2 aliphatic heterocycles. The van der Waals surface area contributed by atoms with Crippen molar-refractivity contribution < 1.29 is 23.4 Å². The lowest BCUT2D eigenvalue weighted by molar-refractivity contribution is -0.0650. The van der Waals surface area contributed by atoms with Gasteiger partial charge in [0.05, 0.1) is 19.8 Å². The molecule has 210 valence electrons. The van der Waals surface area contributed by atoms with Crippen LogP contribution in [-0.2, 0) is 16.9 Å². The van der Waals surface area contributed by atoms with Gasteiger partial charge in [0, 0.05) is 69.6 Å². The average Bonchev–Trinajstić information content (AvgIpc) is 3.46. The van der Waals surface area contributed by atoms with Crippen LogP contribution in [0, 0.1) is 11.6 Å². The Labute approximate surface area is 226 Å². The van der Waals surface area contributed by atoms with Gasteiger partial charge in [-0.1, -0.05) is 12.1 Å². The van der Waals surface area contributed by atoms with Gasteiger partial charge in [-0.2, -0.15) is 10.1 Å². The molecular formula is C27H35F2N7O3. The molecule has 2 atom stereocenters. The van der Waals surface area contributed by atoms with Crippen LogP contribution in [-0.4, -0.2) is 106 Å². The Kier molecular flexibility index (Phi) is 8.66. The van der Waals surface area contributed by atoms with Crippen LogP contribution in [0.2, 0.25) is 0 Å². The second kappa shape index (κ2) is 12.3. The molecule has 2 saturated heterocycles. The molecule has 1 N–H and O–H groups in total. The number of benzene rings is 1. The molecule has 2 unspecified atom stereocenters. The predicted octanol–water partition coefficient (Wildman–Crippen LogP) is 1.76. The molecule has 2 aromatic heterocycles. The van der Waals surface area contributed by atoms with E-state index in [-0.39, 0.29) is 12.1 Å². The number of hydrogen-bond acceptors (Lipinski definition) is 9. The van der Waals surface area contributed by atoms with E-state index < -0.39 is 23.3 Å². The lowest BCUT2D eigenvalue weighted by Gasteiger charge is -2.45. The first kappa shape index (κ1) is 27.4. The fourth-order valence-electron chi connectivity index (χ4n) is 5.25. The van der Waals surface area contributed by atoms with Crippen molar-refractivity contribution in [3.63, 3.8) is 0 Å². The minimum atomic E-state index is -1.67. The lowest BCUT2D eigenvalue weighted by atomic mass is 9.85. The van der Waals surface area contributed by atoms with Crippen LogP contribution in [0.3, 0.4) is 0 Å². The van der Waals surface area contributed by atoms with Crippen LogP contribution in [0.5, 0.6) is 5.88 Å². The molecule has 0 spiro atoms. The summed E-state index contributed by atoms with van der Waals surface area (Å²) in [5.41, 5.74) is -1.64. The fraction of sp³-hybridized carbons (Fsp3) is 0.519. The van der Waals surface area contributed by atoms with Crippen molar-refractivity contribution in [3.05, 3.63) is 66.3 Å². The molecule has 0 bridgehead atoms. The summed E-state index contributed by atoms with van der Waals surface area (Å²) in [7, 11) is 0. The average molecular weight is 544 g/mol. The van der Waals surface area contributed by atoms with E-state index in [4.69, 9.17) is 14.5 Å². The van der Waals surface area contributed by atoms with E-state index in [1.165, 1.54) is 23.4 Å². The van der Waals surface area contributed by atoms with E-state index in [9.17, 15) is 13.9 Å². The van der Waals surface area contributed by atoms with Gasteiger partial charge in [0.1, 0.15) is 42.3 Å². The summed E-state index contributed by atoms with van der Waals surface area (Å²) < 4.78 is 41.4. The zero-order valence-corrected chi connectivity index (χ0v) is 22.1. The topological polar surface area (TPSA) is 92.0 Å². The van der Waals surface area contributed by atoms with Crippen LogP contribution >= 0.6 is 0 Å². The molecule has 10 nitrogen and oxygen atoms in total. The zero-order valence-electron chi connectivity index (χ0n) is 22.1. The number of anilines is 1. The second-order valence-corrected chi connectivity index (χ2v) is 9.98. The first-order chi connectivity index (χ1) is 18.9. The number of morpholine rings is 1. The third-order valence-corrected chi connectivity index (χ3v) is 7.61. The minimum Gasteiger partial charge on any atom is -0.476 e. The van der Waals surface area contributed by atoms with Gasteiger partial charge in [-0.05, 0) is 19.1 Å². The number of rotatable bonds is 10. The van der Waals surface area contributed by atoms with Crippen molar-refractivity contribution in [2.75, 3.05) is 70.5 Å². The molecule has 5 rings (SSSR count). The summed E-state index contributed by atoms with van der Waals surface area (Å²) in [5, 5.41) is 16.0. The first-order valence-corrected chi connectivity index (χ1v) is 13.3. The summed E-state index contributed by atoms with van der Waals surface area (Å²) in [6.45, 7) is 9.15. The van der Waals surface area contributed by atoms with E-state index in [1.54, 1.807) is 0 Å². The van der Waals surface area contributed by atoms with Gasteiger partial charge in [0.25, 0.3) is 0 Å². The van der Waals surface area contributed by atoms with Gasteiger partial charge in [0.15, 0.2) is 0 Å². The van der Waals surface area contributed by atoms with E-state index in [1.807, 2.05) is 25.1 Å². The third-order valence-electron chi connectivity index (χ3n) is 7.61. The molecule has 39 heavy (non-hydrogen) atoms. The predicted molar refractivity (Wildman–Crippen MR) is 141 cm³/mol. The van der Waals surface area contributed by atoms with Crippen LogP contribution < -0.4 is 9.64 Å². The Hall–Kier alpha value is -3.19. The highest BCUT2D eigenvalue weighted by molar-refractivity contribution is 5.41. The van der Waals surface area contributed by atoms with E-state index in [0.29, 0.717) is 38.7 Å². The van der Waals surface area contributed by atoms with Crippen molar-refractivity contribution in [3.8, 4) is 5.88 Å². The van der Waals surface area contributed by atoms with E-state index >= 15 is 0 Å². The number of hydrogen-bond donors (Lipinski definition) is 1. The summed E-state index contributed by atoms with van der Waals surface area (Å²) in [4.78, 5) is 15.2. The number of aliphatic hydroxyl groups is 1. The molecule has 2 aliphatic rings. The molecule has 0 amide bonds. The number of halogens is 2. The highest BCUT2D eigenvalue weighted by atomic mass is 19.1. The molecular weight excluding hydrogens is 508 g/mol. The van der Waals surface area contributed by atoms with Crippen LogP contribution in [0.4, 0.5) is 14.6 Å². The summed E-state index contributed by atoms with van der Waals surface area (Å²) in [6.07, 6.45) is 2.83. The maximum atomic E-state index is 14.9. The Balaban J connectivity index is 1.22. The van der Waals surface area contributed by atoms with Crippen molar-refractivity contribution in [1.82, 2.24) is 29.5 Å². The Morgan fingerprint density at radius 2 is 1.87 bits per heavy atom. The van der Waals surface area contributed by atoms with E-state index in [2.05, 4.69) is 24.8 Å². The highest BCUT2D eigenvalue weighted by Crippen LogP contribution is 2.33. The van der Waals surface area contributed by atoms with Crippen LogP contribution in [0.15, 0.2) is 49.1 Å². The van der Waals surface area contributed by atoms with Crippen LogP contribution in [0.25, 0.3) is 0 Å². The van der Waals surface area contributed by atoms with Crippen LogP contribution in [0.1, 0.15) is 12.5 Å². The standard InChI is InChI=1S/C27H35F2N7O3/c1-21(27(37,18-36-20-30-19-31-36)23-6-5-22(28)17-24(23)29)34-7-9-35(10-8-34)25-3-2-4-26(32-25)39-16-13-33-11-14-38-15-12-33/h2-6,17,19-21,37H,7-16,18H2,1H3. The maximum absolute atomic E-state index is 14.9. The molecule has 12 heteroatoms. The van der Waals surface area contributed by atoms with Crippen molar-refractivity contribution in [1.29, 1.82) is 0 Å². The molecule has 0 saturated carbocycles. The SMILES string of the molecule is CC(N1CCN(c2cccc(OCCN3CCOCC3)n2)CC1)C(O)(Cn1cncn1)c1ccc(F)cc1F. The van der Waals surface area contributed by atoms with Crippen molar-refractivity contribution >= 4 is 5.82 Å². The zero-order chi connectivity index (χ0) is 27.2. The van der Waals surface area contributed by atoms with Gasteiger partial charge in [0.2, 0.25) is 5.88 Å². The number of pyridine rings is 1. The summed E-state index contributed by atoms with van der Waals surface area (Å²) in [6, 6.07) is 8.54. The minimum absolute atomic E-state index is 0.0255. The number of nitrogens with zero attached hydrogens (tertiary/aromatic N) is 7. The van der Waals surface area contributed by atoms with Gasteiger partial charge < -0.3 is 19.5 Å². The van der Waals surface area contributed by atoms with Gasteiger partial charge in [-0.3, -0.25) is 9.80 Å². The molecule has 3 aromatic rings. The fourth-order valence-corrected chi connectivity index (χ4v) is 5.25. The first-order valence-electron chi connectivity index (χ1n) is 13.3. The largest absolute Gasteiger partial charge is 0.476 e. The summed E-state index contributed by atoms with van der Waals surface area (Å²) in [5.74, 6) is -0.0719. The quantitative estimate of drug-likeness (QED) is 0.411. The van der Waals surface area contributed by atoms with Crippen molar-refractivity contribution in [2.24, 2.45) is 0 Å². The normalized spacial score (nSPS) is 19.5. The monoisotopic (exact) mass is 543 g/mol. The van der Waals surface area contributed by atoms with Crippen molar-refractivity contribution in [2.45, 2.75) is 25.1 Å². The van der Waals surface area contributed by atoms with Gasteiger partial charge in [-0.25, -0.2) is 18.4 Å². The molecule has 0 radical (unpaired) electrons. The molecule has 4 heterocycles. The number of aromatic nitrogens is 4. The van der Waals surface area contributed by atoms with Gasteiger partial charge in [-0.15, -0.1) is 0 Å². The van der Waals surface area contributed by atoms with Gasteiger partial charge >= 0.3 is 0 Å². The molecule has 0 aliphatic carbocycles. The Morgan fingerprint density at radius 1 is 1.08 bits per heavy atom. The third kappa shape index (κ3) is 6.52. The smallest absolute Gasteiger partial charge is 0.215 e. The highest BCUT2D eigenvalue weighted by Gasteiger charge is 2.42. The number of ether oxygens (including phenoxy) is 2. The number of piperazine rings is 1.